The van der Waals surface area contributed by atoms with Gasteiger partial charge in [-0.3, -0.25) is 4.79 Å². The molecular formula is C17H14ClF3N6O3S. The number of carbonyl (C=O) groups is 1. The van der Waals surface area contributed by atoms with Crippen LogP contribution in [0.3, 0.4) is 0 Å². The number of aromatic nitrogens is 5. The zero-order valence-electron chi connectivity index (χ0n) is 15.9. The molecule has 0 saturated heterocycles. The summed E-state index contributed by atoms with van der Waals surface area (Å²) in [7, 11) is -3.65. The van der Waals surface area contributed by atoms with Crippen LogP contribution in [0, 0.1) is 0 Å². The van der Waals surface area contributed by atoms with Crippen molar-refractivity contribution in [1.29, 1.82) is 0 Å². The van der Waals surface area contributed by atoms with Gasteiger partial charge in [-0.05, 0) is 31.2 Å². The molecule has 3 rings (SSSR count). The average molecular weight is 475 g/mol. The van der Waals surface area contributed by atoms with Crippen molar-refractivity contribution in [2.24, 2.45) is 0 Å². The minimum absolute atomic E-state index is 0.000869. The van der Waals surface area contributed by atoms with E-state index < -0.39 is 33.8 Å². The minimum Gasteiger partial charge on any atom is -0.342 e. The molecule has 0 radical (unpaired) electrons. The molecule has 3 aromatic rings. The maximum absolute atomic E-state index is 13.2. The summed E-state index contributed by atoms with van der Waals surface area (Å²) in [5.74, 6) is -2.67. The maximum atomic E-state index is 13.2. The van der Waals surface area contributed by atoms with E-state index in [9.17, 15) is 26.4 Å². The van der Waals surface area contributed by atoms with E-state index in [1.54, 1.807) is 0 Å². The van der Waals surface area contributed by atoms with Crippen LogP contribution in [-0.4, -0.2) is 45.3 Å². The molecule has 0 fully saturated rings. The molecule has 2 aromatic heterocycles. The van der Waals surface area contributed by atoms with E-state index in [-0.39, 0.29) is 27.3 Å². The quantitative estimate of drug-likeness (QED) is 0.603. The number of carbonyl (C=O) groups excluding carboxylic acids is 1. The molecule has 0 aliphatic carbocycles. The molecule has 0 spiro atoms. The van der Waals surface area contributed by atoms with Crippen molar-refractivity contribution in [3.63, 3.8) is 0 Å². The third-order valence-corrected chi connectivity index (χ3v) is 5.23. The lowest BCUT2D eigenvalue weighted by molar-refractivity contribution is -0.144. The second kappa shape index (κ2) is 8.23. The molecule has 0 saturated carbocycles. The lowest BCUT2D eigenvalue weighted by Gasteiger charge is -2.14. The van der Waals surface area contributed by atoms with Crippen LogP contribution < -0.4 is 5.32 Å². The van der Waals surface area contributed by atoms with Crippen LogP contribution >= 0.6 is 11.6 Å². The first kappa shape index (κ1) is 22.6. The monoisotopic (exact) mass is 474 g/mol. The molecule has 0 aliphatic heterocycles. The fourth-order valence-electron chi connectivity index (χ4n) is 2.52. The molecule has 1 atom stereocenters. The normalized spacial score (nSPS) is 13.1. The van der Waals surface area contributed by atoms with E-state index in [4.69, 9.17) is 11.6 Å². The Hall–Kier alpha value is -3.06. The van der Waals surface area contributed by atoms with Crippen molar-refractivity contribution < 1.29 is 26.4 Å². The average Bonchev–Trinajstić information content (AvgIpc) is 3.13. The fraction of sp³-hybridized carbons (Fsp3) is 0.235. The molecule has 14 heteroatoms. The van der Waals surface area contributed by atoms with Crippen molar-refractivity contribution in [2.75, 3.05) is 6.26 Å². The molecule has 0 unspecified atom stereocenters. The number of halogens is 4. The van der Waals surface area contributed by atoms with Gasteiger partial charge in [0.1, 0.15) is 0 Å². The van der Waals surface area contributed by atoms with Gasteiger partial charge in [-0.1, -0.05) is 11.6 Å². The number of nitrogens with zero attached hydrogens (tertiary/aromatic N) is 5. The first-order chi connectivity index (χ1) is 14.4. The molecule has 1 amide bonds. The van der Waals surface area contributed by atoms with Gasteiger partial charge < -0.3 is 5.32 Å². The van der Waals surface area contributed by atoms with Gasteiger partial charge in [0.15, 0.2) is 15.7 Å². The molecule has 0 bridgehead atoms. The SMILES string of the molecule is C[C@H](NC(=O)c1cc(Cl)cc(S(C)(=O)=O)c1)c1nc(C(F)(F)F)nn1-c1ncccn1. The summed E-state index contributed by atoms with van der Waals surface area (Å²) in [6, 6.07) is 3.89. The number of nitrogens with one attached hydrogen (secondary N) is 1. The summed E-state index contributed by atoms with van der Waals surface area (Å²) >= 11 is 5.90. The topological polar surface area (TPSA) is 120 Å². The first-order valence-electron chi connectivity index (χ1n) is 8.49. The number of hydrogen-bond acceptors (Lipinski definition) is 7. The van der Waals surface area contributed by atoms with E-state index >= 15 is 0 Å². The number of benzene rings is 1. The maximum Gasteiger partial charge on any atom is 0.453 e. The van der Waals surface area contributed by atoms with Gasteiger partial charge in [-0.25, -0.2) is 23.4 Å². The molecular weight excluding hydrogens is 461 g/mol. The largest absolute Gasteiger partial charge is 0.453 e. The molecule has 31 heavy (non-hydrogen) atoms. The van der Waals surface area contributed by atoms with Crippen LogP contribution in [-0.2, 0) is 16.0 Å². The second-order valence-corrected chi connectivity index (χ2v) is 8.85. The predicted molar refractivity (Wildman–Crippen MR) is 102 cm³/mol. The Morgan fingerprint density at radius 3 is 2.42 bits per heavy atom. The lowest BCUT2D eigenvalue weighted by atomic mass is 10.2. The summed E-state index contributed by atoms with van der Waals surface area (Å²) in [6.45, 7) is 1.38. The van der Waals surface area contributed by atoms with Gasteiger partial charge in [0, 0.05) is 29.2 Å². The standard InChI is InChI=1S/C17H14ClF3N6O3S/c1-9(24-14(28)10-6-11(18)8-12(7-10)31(2,29)30)13-25-15(17(19,20)21)26-27(13)16-22-4-3-5-23-16/h3-9H,1-2H3,(H,24,28)/t9-/m0/s1. The zero-order valence-corrected chi connectivity index (χ0v) is 17.5. The van der Waals surface area contributed by atoms with Crippen molar-refractivity contribution in [3.05, 3.63) is 58.9 Å². The van der Waals surface area contributed by atoms with Crippen molar-refractivity contribution in [1.82, 2.24) is 30.0 Å². The van der Waals surface area contributed by atoms with E-state index in [0.29, 0.717) is 0 Å². The smallest absolute Gasteiger partial charge is 0.342 e. The molecule has 9 nitrogen and oxygen atoms in total. The summed E-state index contributed by atoms with van der Waals surface area (Å²) < 4.78 is 63.8. The summed E-state index contributed by atoms with van der Waals surface area (Å²) in [5, 5.41) is 5.87. The third-order valence-electron chi connectivity index (χ3n) is 3.92. The Morgan fingerprint density at radius 1 is 1.19 bits per heavy atom. The Bertz CT molecular complexity index is 1230. The number of amides is 1. The highest BCUT2D eigenvalue weighted by molar-refractivity contribution is 7.90. The Balaban J connectivity index is 1.97. The number of alkyl halides is 3. The third kappa shape index (κ3) is 5.17. The highest BCUT2D eigenvalue weighted by atomic mass is 35.5. The van der Waals surface area contributed by atoms with Gasteiger partial charge >= 0.3 is 6.18 Å². The van der Waals surface area contributed by atoms with Crippen LogP contribution in [0.1, 0.15) is 35.0 Å². The first-order valence-corrected chi connectivity index (χ1v) is 10.8. The second-order valence-electron chi connectivity index (χ2n) is 6.39. The van der Waals surface area contributed by atoms with Gasteiger partial charge in [0.25, 0.3) is 17.7 Å². The summed E-state index contributed by atoms with van der Waals surface area (Å²) in [6.07, 6.45) is -1.27. The predicted octanol–water partition coefficient (Wildman–Crippen LogP) is 2.62. The van der Waals surface area contributed by atoms with Gasteiger partial charge in [-0.15, -0.1) is 5.10 Å². The fourth-order valence-corrected chi connectivity index (χ4v) is 3.51. The van der Waals surface area contributed by atoms with Crippen LogP contribution in [0.25, 0.3) is 5.95 Å². The van der Waals surface area contributed by atoms with E-state index in [1.165, 1.54) is 37.5 Å². The van der Waals surface area contributed by atoms with Gasteiger partial charge in [0.05, 0.1) is 10.9 Å². The number of hydrogen-bond donors (Lipinski definition) is 1. The Labute approximate surface area is 179 Å². The molecule has 1 N–H and O–H groups in total. The Kier molecular flexibility index (Phi) is 6.00. The van der Waals surface area contributed by atoms with Crippen LogP contribution in [0.4, 0.5) is 13.2 Å². The molecule has 2 heterocycles. The summed E-state index contributed by atoms with van der Waals surface area (Å²) in [4.78, 5) is 23.7. The van der Waals surface area contributed by atoms with Crippen LogP contribution in [0.2, 0.25) is 5.02 Å². The van der Waals surface area contributed by atoms with E-state index in [1.807, 2.05) is 0 Å². The molecule has 1 aromatic carbocycles. The van der Waals surface area contributed by atoms with Crippen molar-refractivity contribution >= 4 is 27.3 Å². The van der Waals surface area contributed by atoms with Gasteiger partial charge in [-0.2, -0.15) is 17.9 Å². The highest BCUT2D eigenvalue weighted by Gasteiger charge is 2.38. The van der Waals surface area contributed by atoms with E-state index in [2.05, 4.69) is 25.4 Å². The van der Waals surface area contributed by atoms with E-state index in [0.717, 1.165) is 17.0 Å². The molecule has 164 valence electrons. The van der Waals surface area contributed by atoms with Crippen LogP contribution in [0.15, 0.2) is 41.6 Å². The molecule has 0 aliphatic rings. The van der Waals surface area contributed by atoms with Crippen LogP contribution in [0.5, 0.6) is 0 Å². The van der Waals surface area contributed by atoms with Crippen molar-refractivity contribution in [3.8, 4) is 5.95 Å². The highest BCUT2D eigenvalue weighted by Crippen LogP contribution is 2.28. The van der Waals surface area contributed by atoms with Gasteiger partial charge in [0.2, 0.25) is 0 Å². The summed E-state index contributed by atoms with van der Waals surface area (Å²) in [5.41, 5.74) is -0.0992. The lowest BCUT2D eigenvalue weighted by Crippen LogP contribution is -2.29. The number of rotatable bonds is 5. The zero-order chi connectivity index (χ0) is 23.0. The van der Waals surface area contributed by atoms with Crippen molar-refractivity contribution in [2.45, 2.75) is 24.0 Å². The Morgan fingerprint density at radius 2 is 1.84 bits per heavy atom. The minimum atomic E-state index is -4.84. The number of sulfone groups is 1.